The van der Waals surface area contributed by atoms with Gasteiger partial charge in [-0.3, -0.25) is 19.2 Å². The lowest BCUT2D eigenvalue weighted by Crippen LogP contribution is -2.43. The molecule has 0 saturated carbocycles. The fourth-order valence-electron chi connectivity index (χ4n) is 8.67. The lowest BCUT2D eigenvalue weighted by atomic mass is 9.65. The van der Waals surface area contributed by atoms with Crippen molar-refractivity contribution in [1.82, 2.24) is 0 Å². The van der Waals surface area contributed by atoms with E-state index in [0.717, 1.165) is 109 Å². The molecule has 0 aromatic rings. The van der Waals surface area contributed by atoms with E-state index in [4.69, 9.17) is 19.7 Å². The summed E-state index contributed by atoms with van der Waals surface area (Å²) in [7, 11) is 0. The molecule has 7 atom stereocenters. The Labute approximate surface area is 460 Å². The zero-order valence-electron chi connectivity index (χ0n) is 47.8. The standard InChI is InChI=1S/C25H38O5.C22H32O2.C20H30O2/c1-6-25(4,5)24(28)30-21-12-15(2)11-17-8-7-16(3)20(23(17)21)10-9-19-13-18(26)14-22(27)29-19;1-2-3-4-5-6-7-8-9-10-11-12-13-14-15-16-17-18-19-20-21-22(23)24;1-2-3-4-5-6-7-8-9-10-11-12-13-14-15-16-17-18-19-20(21)22/h7-8,11,15-16,18-21,23,26H,6,9-10,12-14H2,1-5H3;3-4,6-7,9-10,12-13,15-16,18-19H,2,5,8,11,14,17,20-21H2,1H3,(H,23,24);3-4,6-7,9-10,12-13,15-16H,2,5,8,11,14,17-19H2,1H3,(H,21,22)/b;4-3-,7-6-,10-9-,13-12-,16-15-,19-18-;4-3-,7-6-,10-9-,13-12-,16-15-/t15-,16-,18+,19+,20-,21-,23-;;/m0../s1. The minimum Gasteiger partial charge on any atom is -0.481 e. The molecule has 0 aromatic carbocycles. The number of aliphatic carboxylic acids is 2. The molecule has 1 saturated heterocycles. The Balaban J connectivity index is 0.000000580. The molecular weight excluding hydrogens is 949 g/mol. The summed E-state index contributed by atoms with van der Waals surface area (Å²) in [5, 5.41) is 26.9. The highest BCUT2D eigenvalue weighted by Crippen LogP contribution is 2.45. The van der Waals surface area contributed by atoms with E-state index in [1.165, 1.54) is 5.57 Å². The van der Waals surface area contributed by atoms with Crippen LogP contribution in [0.2, 0.25) is 0 Å². The number of ether oxygens (including phenoxy) is 2. The van der Waals surface area contributed by atoms with Gasteiger partial charge in [0.25, 0.3) is 0 Å². The summed E-state index contributed by atoms with van der Waals surface area (Å²) in [4.78, 5) is 45.2. The van der Waals surface area contributed by atoms with Gasteiger partial charge in [-0.1, -0.05) is 187 Å². The maximum absolute atomic E-state index is 12.9. The van der Waals surface area contributed by atoms with E-state index in [9.17, 15) is 24.3 Å². The van der Waals surface area contributed by atoms with Crippen LogP contribution in [0.15, 0.2) is 157 Å². The van der Waals surface area contributed by atoms with Crippen molar-refractivity contribution in [1.29, 1.82) is 0 Å². The Bertz CT molecular complexity index is 2010. The average molecular weight is 1050 g/mol. The van der Waals surface area contributed by atoms with Crippen molar-refractivity contribution in [2.45, 2.75) is 208 Å². The molecule has 1 aliphatic heterocycles. The van der Waals surface area contributed by atoms with Crippen LogP contribution in [-0.2, 0) is 28.7 Å². The first kappa shape index (κ1) is 68.5. The van der Waals surface area contributed by atoms with Crippen molar-refractivity contribution in [2.75, 3.05) is 0 Å². The highest BCUT2D eigenvalue weighted by Gasteiger charge is 2.43. The van der Waals surface area contributed by atoms with Crippen molar-refractivity contribution in [3.05, 3.63) is 157 Å². The minimum atomic E-state index is -0.741. The number of fused-ring (bicyclic) bond motifs is 1. The second kappa shape index (κ2) is 44.6. The molecule has 422 valence electrons. The zero-order chi connectivity index (χ0) is 56.1. The van der Waals surface area contributed by atoms with E-state index in [1.807, 2.05) is 32.9 Å². The summed E-state index contributed by atoms with van der Waals surface area (Å²) in [6, 6.07) is 0. The van der Waals surface area contributed by atoms with E-state index >= 15 is 0 Å². The van der Waals surface area contributed by atoms with Crippen LogP contribution >= 0.6 is 0 Å². The second-order valence-corrected chi connectivity index (χ2v) is 20.6. The first-order valence-corrected chi connectivity index (χ1v) is 28.7. The number of esters is 2. The number of cyclic esters (lactones) is 1. The van der Waals surface area contributed by atoms with E-state index < -0.39 is 23.5 Å². The highest BCUT2D eigenvalue weighted by molar-refractivity contribution is 5.76. The molecule has 2 aliphatic carbocycles. The van der Waals surface area contributed by atoms with E-state index in [-0.39, 0.29) is 49.3 Å². The fraction of sp³-hybridized carbons (Fsp3) is 0.552. The van der Waals surface area contributed by atoms with Crippen LogP contribution in [-0.4, -0.2) is 57.5 Å². The molecule has 0 bridgehead atoms. The lowest BCUT2D eigenvalue weighted by molar-refractivity contribution is -0.166. The molecule has 0 unspecified atom stereocenters. The molecule has 0 amide bonds. The normalized spacial score (nSPS) is 22.2. The van der Waals surface area contributed by atoms with Crippen LogP contribution in [0.25, 0.3) is 0 Å². The van der Waals surface area contributed by atoms with Crippen LogP contribution in [0.3, 0.4) is 0 Å². The molecule has 0 radical (unpaired) electrons. The quantitative estimate of drug-likeness (QED) is 0.0332. The summed E-state index contributed by atoms with van der Waals surface area (Å²) < 4.78 is 11.6. The van der Waals surface area contributed by atoms with E-state index in [2.05, 4.69) is 167 Å². The van der Waals surface area contributed by atoms with Gasteiger partial charge in [0.15, 0.2) is 0 Å². The van der Waals surface area contributed by atoms with Gasteiger partial charge in [-0.25, -0.2) is 0 Å². The smallest absolute Gasteiger partial charge is 0.311 e. The summed E-state index contributed by atoms with van der Waals surface area (Å²) >= 11 is 0. The predicted molar refractivity (Wildman–Crippen MR) is 316 cm³/mol. The largest absolute Gasteiger partial charge is 0.481 e. The first-order valence-electron chi connectivity index (χ1n) is 28.7. The summed E-state index contributed by atoms with van der Waals surface area (Å²) in [5.74, 6) is -0.681. The third-order valence-electron chi connectivity index (χ3n) is 13.4. The number of unbranched alkanes of at least 4 members (excludes halogenated alkanes) is 1. The number of aliphatic hydroxyl groups excluding tert-OH is 1. The fourth-order valence-corrected chi connectivity index (χ4v) is 8.67. The highest BCUT2D eigenvalue weighted by atomic mass is 16.6. The molecule has 1 heterocycles. The van der Waals surface area contributed by atoms with Crippen LogP contribution in [0.5, 0.6) is 0 Å². The molecule has 0 aromatic heterocycles. The van der Waals surface area contributed by atoms with E-state index in [1.54, 1.807) is 0 Å². The number of rotatable bonds is 33. The Morgan fingerprint density at radius 3 is 1.47 bits per heavy atom. The number of carboxylic acids is 2. The van der Waals surface area contributed by atoms with Gasteiger partial charge in [-0.2, -0.15) is 0 Å². The van der Waals surface area contributed by atoms with Gasteiger partial charge in [0.1, 0.15) is 12.2 Å². The Kier molecular flexibility index (Phi) is 40.2. The van der Waals surface area contributed by atoms with Gasteiger partial charge in [-0.15, -0.1) is 0 Å². The third-order valence-corrected chi connectivity index (χ3v) is 13.4. The van der Waals surface area contributed by atoms with E-state index in [0.29, 0.717) is 30.6 Å². The Hall–Kier alpha value is -5.54. The van der Waals surface area contributed by atoms with Crippen molar-refractivity contribution >= 4 is 23.9 Å². The third kappa shape index (κ3) is 35.7. The minimum absolute atomic E-state index is 0.0949. The summed E-state index contributed by atoms with van der Waals surface area (Å²) in [5.41, 5.74) is 0.785. The molecule has 9 heteroatoms. The van der Waals surface area contributed by atoms with Crippen LogP contribution in [0, 0.1) is 29.1 Å². The van der Waals surface area contributed by atoms with Gasteiger partial charge in [-0.05, 0) is 153 Å². The lowest BCUT2D eigenvalue weighted by Gasteiger charge is -2.44. The number of carboxylic acid groups (broad SMARTS) is 2. The molecular formula is C67H100O9. The van der Waals surface area contributed by atoms with Gasteiger partial charge in [0, 0.05) is 25.2 Å². The maximum atomic E-state index is 12.9. The maximum Gasteiger partial charge on any atom is 0.311 e. The summed E-state index contributed by atoms with van der Waals surface area (Å²) in [6.07, 6.45) is 70.5. The molecule has 9 nitrogen and oxygen atoms in total. The van der Waals surface area contributed by atoms with Crippen molar-refractivity contribution in [3.8, 4) is 0 Å². The first-order chi connectivity index (χ1) is 36.6. The number of carbonyl (C=O) groups excluding carboxylic acids is 2. The predicted octanol–water partition coefficient (Wildman–Crippen LogP) is 17.1. The number of aliphatic hydroxyl groups is 1. The van der Waals surface area contributed by atoms with Crippen molar-refractivity contribution in [3.63, 3.8) is 0 Å². The Morgan fingerprint density at radius 2 is 1.05 bits per heavy atom. The Morgan fingerprint density at radius 1 is 0.618 bits per heavy atom. The molecule has 3 N–H and O–H groups in total. The van der Waals surface area contributed by atoms with Crippen LogP contribution in [0.4, 0.5) is 0 Å². The number of hydrogen-bond donors (Lipinski definition) is 3. The monoisotopic (exact) mass is 1050 g/mol. The van der Waals surface area contributed by atoms with Crippen LogP contribution in [0.1, 0.15) is 190 Å². The van der Waals surface area contributed by atoms with Gasteiger partial charge in [0.05, 0.1) is 17.9 Å². The topological polar surface area (TPSA) is 147 Å². The van der Waals surface area contributed by atoms with Crippen molar-refractivity contribution in [2.24, 2.45) is 29.1 Å². The molecule has 3 rings (SSSR count). The van der Waals surface area contributed by atoms with Crippen LogP contribution < -0.4 is 0 Å². The van der Waals surface area contributed by atoms with Gasteiger partial charge < -0.3 is 24.8 Å². The van der Waals surface area contributed by atoms with Gasteiger partial charge in [0.2, 0.25) is 0 Å². The second-order valence-electron chi connectivity index (χ2n) is 20.6. The molecule has 76 heavy (non-hydrogen) atoms. The number of hydrogen-bond acceptors (Lipinski definition) is 7. The SMILES string of the molecule is CC/C=C\C/C=C\C/C=C\C/C=C\C/C=C\C/C=C\CCC(=O)O.CC/C=C\C/C=C\C/C=C\C/C=C\C/C=C\CCCC(=O)O.CCC(C)(C)C(=O)O[C@H]1C[C@@H](C)C=C2C=C[C@H](C)[C@H](CC[C@@H]3C[C@@H](O)CC(=O)O3)[C@H]21. The van der Waals surface area contributed by atoms with Crippen molar-refractivity contribution < 1.29 is 44.0 Å². The number of carbonyl (C=O) groups is 4. The zero-order valence-corrected chi connectivity index (χ0v) is 47.8. The summed E-state index contributed by atoms with van der Waals surface area (Å²) in [6.45, 7) is 14.6. The molecule has 1 fully saturated rings. The molecule has 3 aliphatic rings. The molecule has 0 spiro atoms. The van der Waals surface area contributed by atoms with Gasteiger partial charge >= 0.3 is 23.9 Å². The average Bonchev–Trinajstić information content (AvgIpc) is 3.37. The number of allylic oxidation sites excluding steroid dienone is 25.